The highest BCUT2D eigenvalue weighted by atomic mass is 16.1. The second-order valence-corrected chi connectivity index (χ2v) is 3.72. The monoisotopic (exact) mass is 212 g/mol. The maximum atomic E-state index is 11.4. The van der Waals surface area contributed by atoms with E-state index in [0.717, 1.165) is 16.3 Å². The molecule has 2 aromatic rings. The van der Waals surface area contributed by atoms with Crippen molar-refractivity contribution in [3.05, 3.63) is 48.0 Å². The van der Waals surface area contributed by atoms with Gasteiger partial charge in [-0.25, -0.2) is 0 Å². The number of hydrogen-bond donors (Lipinski definition) is 0. The lowest BCUT2D eigenvalue weighted by Crippen LogP contribution is -2.03. The summed E-state index contributed by atoms with van der Waals surface area (Å²) >= 11 is 0. The number of aldehydes is 1. The largest absolute Gasteiger partial charge is 0.303 e. The molecule has 0 bridgehead atoms. The van der Waals surface area contributed by atoms with Crippen molar-refractivity contribution in [1.82, 2.24) is 0 Å². The molecule has 0 N–H and O–H groups in total. The second-order valence-electron chi connectivity index (χ2n) is 3.72. The maximum Gasteiger partial charge on any atom is 0.144 e. The van der Waals surface area contributed by atoms with Crippen LogP contribution in [0.2, 0.25) is 0 Å². The zero-order valence-electron chi connectivity index (χ0n) is 8.85. The molecule has 0 saturated carbocycles. The van der Waals surface area contributed by atoms with Crippen molar-refractivity contribution in [1.29, 1.82) is 0 Å². The lowest BCUT2D eigenvalue weighted by molar-refractivity contribution is -0.121. The van der Waals surface area contributed by atoms with Crippen LogP contribution in [0, 0.1) is 0 Å². The Morgan fingerprint density at radius 1 is 1.06 bits per heavy atom. The quantitative estimate of drug-likeness (QED) is 0.576. The Morgan fingerprint density at radius 3 is 2.62 bits per heavy atom. The van der Waals surface area contributed by atoms with Crippen molar-refractivity contribution in [2.45, 2.75) is 12.8 Å². The van der Waals surface area contributed by atoms with Crippen LogP contribution < -0.4 is 0 Å². The second kappa shape index (κ2) is 4.71. The summed E-state index contributed by atoms with van der Waals surface area (Å²) in [6.45, 7) is 0. The first-order valence-corrected chi connectivity index (χ1v) is 5.23. The van der Waals surface area contributed by atoms with Gasteiger partial charge in [0.25, 0.3) is 0 Å². The number of carbonyl (C=O) groups is 2. The van der Waals surface area contributed by atoms with Crippen molar-refractivity contribution in [3.8, 4) is 0 Å². The lowest BCUT2D eigenvalue weighted by atomic mass is 10.00. The molecule has 0 amide bonds. The van der Waals surface area contributed by atoms with Crippen molar-refractivity contribution >= 4 is 22.8 Å². The minimum absolute atomic E-state index is 0.00320. The molecule has 2 rings (SSSR count). The summed E-state index contributed by atoms with van der Waals surface area (Å²) in [7, 11) is 0. The van der Waals surface area contributed by atoms with Crippen LogP contribution in [0.1, 0.15) is 12.0 Å². The summed E-state index contributed by atoms with van der Waals surface area (Å²) in [5.41, 5.74) is 0.991. The molecule has 0 unspecified atom stereocenters. The Kier molecular flexibility index (Phi) is 3.10. The zero-order valence-corrected chi connectivity index (χ0v) is 8.85. The van der Waals surface area contributed by atoms with Crippen LogP contribution in [-0.2, 0) is 16.0 Å². The van der Waals surface area contributed by atoms with E-state index in [-0.39, 0.29) is 12.2 Å². The molecule has 0 aliphatic rings. The van der Waals surface area contributed by atoms with Crippen molar-refractivity contribution in [2.24, 2.45) is 0 Å². The smallest absolute Gasteiger partial charge is 0.144 e. The highest BCUT2D eigenvalue weighted by molar-refractivity contribution is 5.95. The van der Waals surface area contributed by atoms with E-state index in [0.29, 0.717) is 12.7 Å². The van der Waals surface area contributed by atoms with E-state index < -0.39 is 0 Å². The standard InChI is InChI=1S/C14H12O2/c15-9-8-13(16)10-12-6-3-5-11-4-1-2-7-14(11)12/h1-7,9H,8,10H2. The molecule has 2 aromatic carbocycles. The third kappa shape index (κ3) is 2.16. The van der Waals surface area contributed by atoms with Gasteiger partial charge in [0, 0.05) is 6.42 Å². The topological polar surface area (TPSA) is 34.1 Å². The van der Waals surface area contributed by atoms with E-state index in [1.54, 1.807) is 0 Å². The minimum Gasteiger partial charge on any atom is -0.303 e. The number of carbonyl (C=O) groups excluding carboxylic acids is 2. The van der Waals surface area contributed by atoms with Crippen LogP contribution in [0.5, 0.6) is 0 Å². The highest BCUT2D eigenvalue weighted by Crippen LogP contribution is 2.19. The molecule has 0 fully saturated rings. The summed E-state index contributed by atoms with van der Waals surface area (Å²) in [5.74, 6) is -0.0358. The molecule has 16 heavy (non-hydrogen) atoms. The average Bonchev–Trinajstić information content (AvgIpc) is 2.30. The molecule has 0 spiro atoms. The van der Waals surface area contributed by atoms with Crippen LogP contribution in [0.25, 0.3) is 10.8 Å². The van der Waals surface area contributed by atoms with E-state index in [1.165, 1.54) is 0 Å². The molecular formula is C14H12O2. The fourth-order valence-corrected chi connectivity index (χ4v) is 1.82. The van der Waals surface area contributed by atoms with E-state index in [2.05, 4.69) is 0 Å². The van der Waals surface area contributed by atoms with Gasteiger partial charge < -0.3 is 4.79 Å². The highest BCUT2D eigenvalue weighted by Gasteiger charge is 2.05. The Labute approximate surface area is 93.9 Å². The van der Waals surface area contributed by atoms with Gasteiger partial charge in [0.2, 0.25) is 0 Å². The SMILES string of the molecule is O=CCC(=O)Cc1cccc2ccccc12. The number of benzene rings is 2. The van der Waals surface area contributed by atoms with Crippen LogP contribution >= 0.6 is 0 Å². The number of Topliss-reactive ketones (excluding diaryl/α,β-unsaturated/α-hetero) is 1. The molecule has 0 aliphatic heterocycles. The summed E-state index contributed by atoms with van der Waals surface area (Å²) in [4.78, 5) is 21.7. The summed E-state index contributed by atoms with van der Waals surface area (Å²) in [6.07, 6.45) is 0.997. The van der Waals surface area contributed by atoms with Gasteiger partial charge in [0.05, 0.1) is 6.42 Å². The van der Waals surface area contributed by atoms with E-state index in [9.17, 15) is 9.59 Å². The number of rotatable bonds is 4. The minimum atomic E-state index is -0.0358. The molecule has 0 radical (unpaired) electrons. The lowest BCUT2D eigenvalue weighted by Gasteiger charge is -2.04. The van der Waals surface area contributed by atoms with Crippen LogP contribution in [-0.4, -0.2) is 12.1 Å². The molecule has 0 aliphatic carbocycles. The van der Waals surface area contributed by atoms with Crippen LogP contribution in [0.15, 0.2) is 42.5 Å². The van der Waals surface area contributed by atoms with Crippen LogP contribution in [0.4, 0.5) is 0 Å². The van der Waals surface area contributed by atoms with Crippen molar-refractivity contribution in [3.63, 3.8) is 0 Å². The molecule has 0 aromatic heterocycles. The fourth-order valence-electron chi connectivity index (χ4n) is 1.82. The van der Waals surface area contributed by atoms with Gasteiger partial charge in [0.15, 0.2) is 0 Å². The maximum absolute atomic E-state index is 11.4. The molecule has 80 valence electrons. The van der Waals surface area contributed by atoms with Gasteiger partial charge in [-0.3, -0.25) is 4.79 Å². The zero-order chi connectivity index (χ0) is 11.4. The molecule has 2 heteroatoms. The molecular weight excluding hydrogens is 200 g/mol. The van der Waals surface area contributed by atoms with E-state index in [1.807, 2.05) is 42.5 Å². The summed E-state index contributed by atoms with van der Waals surface area (Å²) in [6, 6.07) is 13.8. The predicted octanol–water partition coefficient (Wildman–Crippen LogP) is 2.54. The Bertz CT molecular complexity index is 524. The van der Waals surface area contributed by atoms with Gasteiger partial charge in [-0.15, -0.1) is 0 Å². The average molecular weight is 212 g/mol. The fraction of sp³-hybridized carbons (Fsp3) is 0.143. The first kappa shape index (κ1) is 10.6. The first-order chi connectivity index (χ1) is 7.81. The third-order valence-corrected chi connectivity index (χ3v) is 2.58. The van der Waals surface area contributed by atoms with Gasteiger partial charge in [-0.05, 0) is 16.3 Å². The van der Waals surface area contributed by atoms with Gasteiger partial charge >= 0.3 is 0 Å². The number of ketones is 1. The molecule has 2 nitrogen and oxygen atoms in total. The summed E-state index contributed by atoms with van der Waals surface area (Å²) in [5, 5.41) is 2.21. The van der Waals surface area contributed by atoms with Gasteiger partial charge in [-0.2, -0.15) is 0 Å². The Morgan fingerprint density at radius 2 is 1.81 bits per heavy atom. The predicted molar refractivity (Wildman–Crippen MR) is 63.3 cm³/mol. The van der Waals surface area contributed by atoms with E-state index in [4.69, 9.17) is 0 Å². The molecule has 0 saturated heterocycles. The van der Waals surface area contributed by atoms with Gasteiger partial charge in [0.1, 0.15) is 12.1 Å². The number of hydrogen-bond acceptors (Lipinski definition) is 2. The van der Waals surface area contributed by atoms with Crippen molar-refractivity contribution < 1.29 is 9.59 Å². The summed E-state index contributed by atoms with van der Waals surface area (Å²) < 4.78 is 0. The number of fused-ring (bicyclic) bond motifs is 1. The van der Waals surface area contributed by atoms with Crippen molar-refractivity contribution in [2.75, 3.05) is 0 Å². The van der Waals surface area contributed by atoms with Gasteiger partial charge in [-0.1, -0.05) is 42.5 Å². The normalized spacial score (nSPS) is 10.2. The van der Waals surface area contributed by atoms with E-state index >= 15 is 0 Å². The Hall–Kier alpha value is -1.96. The third-order valence-electron chi connectivity index (χ3n) is 2.58. The van der Waals surface area contributed by atoms with Crippen LogP contribution in [0.3, 0.4) is 0 Å². The molecule has 0 atom stereocenters. The molecule has 0 heterocycles. The first-order valence-electron chi connectivity index (χ1n) is 5.23. The Balaban J connectivity index is 2.37.